The lowest BCUT2D eigenvalue weighted by molar-refractivity contribution is 1.17. The minimum Gasteiger partial charge on any atom is -0.319 e. The van der Waals surface area contributed by atoms with Gasteiger partial charge in [0.05, 0.1) is 57.0 Å². The van der Waals surface area contributed by atoms with Crippen molar-refractivity contribution in [2.24, 2.45) is 0 Å². The molecule has 3 heterocycles. The largest absolute Gasteiger partial charge is 0.319 e. The summed E-state index contributed by atoms with van der Waals surface area (Å²) in [6.45, 7) is 8.06. The van der Waals surface area contributed by atoms with Crippen LogP contribution in [-0.4, -0.2) is 13.7 Å². The second-order valence-electron chi connectivity index (χ2n) is 14.0. The number of aromatic nitrogens is 3. The van der Waals surface area contributed by atoms with Gasteiger partial charge in [0, 0.05) is 43.7 Å². The van der Waals surface area contributed by atoms with Crippen molar-refractivity contribution >= 4 is 71.1 Å². The zero-order valence-electron chi connectivity index (χ0n) is 29.5. The molecule has 11 rings (SSSR count). The van der Waals surface area contributed by atoms with Gasteiger partial charge in [-0.15, -0.1) is 0 Å². The van der Waals surface area contributed by atoms with Crippen LogP contribution in [0, 0.1) is 17.9 Å². The van der Waals surface area contributed by atoms with Crippen LogP contribution in [0.15, 0.2) is 176 Å². The summed E-state index contributed by atoms with van der Waals surface area (Å²) >= 11 is 0. The second-order valence-corrected chi connectivity index (χ2v) is 14.0. The van der Waals surface area contributed by atoms with Gasteiger partial charge in [-0.05, 0) is 90.0 Å². The predicted molar refractivity (Wildman–Crippen MR) is 226 cm³/mol. The Morgan fingerprint density at radius 1 is 0.400 bits per heavy atom. The number of nitriles is 1. The zero-order valence-corrected chi connectivity index (χ0v) is 29.5. The average molecular weight is 700 g/mol. The van der Waals surface area contributed by atoms with E-state index in [0.717, 1.165) is 60.9 Å². The maximum Gasteiger partial charge on any atom is 0.210 e. The highest BCUT2D eigenvalue weighted by atomic mass is 15.0. The third-order valence-electron chi connectivity index (χ3n) is 11.1. The van der Waals surface area contributed by atoms with Crippen LogP contribution in [-0.2, 0) is 0 Å². The van der Waals surface area contributed by atoms with Gasteiger partial charge in [0.2, 0.25) is 5.69 Å². The number of para-hydroxylation sites is 4. The van der Waals surface area contributed by atoms with Gasteiger partial charge in [-0.1, -0.05) is 97.1 Å². The maximum absolute atomic E-state index is 9.89. The Bertz CT molecular complexity index is 3400. The molecule has 0 bridgehead atoms. The molecule has 8 aromatic carbocycles. The third kappa shape index (κ3) is 4.51. The summed E-state index contributed by atoms with van der Waals surface area (Å²) in [6.07, 6.45) is 0. The summed E-state index contributed by atoms with van der Waals surface area (Å²) in [5.74, 6) is 0. The van der Waals surface area contributed by atoms with Gasteiger partial charge < -0.3 is 13.7 Å². The van der Waals surface area contributed by atoms with E-state index in [1.165, 1.54) is 27.1 Å². The summed E-state index contributed by atoms with van der Waals surface area (Å²) in [5.41, 5.74) is 12.7. The van der Waals surface area contributed by atoms with Crippen molar-refractivity contribution in [3.05, 3.63) is 193 Å². The van der Waals surface area contributed by atoms with Gasteiger partial charge >= 0.3 is 0 Å². The summed E-state index contributed by atoms with van der Waals surface area (Å²) in [6, 6.07) is 63.8. The van der Waals surface area contributed by atoms with E-state index in [2.05, 4.69) is 182 Å². The van der Waals surface area contributed by atoms with Crippen LogP contribution in [0.25, 0.3) is 98.5 Å². The fourth-order valence-corrected chi connectivity index (χ4v) is 8.66. The molecule has 3 aromatic heterocycles. The first-order valence-corrected chi connectivity index (χ1v) is 18.3. The van der Waals surface area contributed by atoms with E-state index < -0.39 is 0 Å². The Labute approximate surface area is 316 Å². The molecule has 11 aromatic rings. The Balaban J connectivity index is 1.18. The molecule has 0 aliphatic heterocycles. The highest BCUT2D eigenvalue weighted by Crippen LogP contribution is 2.41. The van der Waals surface area contributed by atoms with Crippen LogP contribution in [0.1, 0.15) is 5.56 Å². The molecule has 0 N–H and O–H groups in total. The van der Waals surface area contributed by atoms with E-state index in [0.29, 0.717) is 16.9 Å². The van der Waals surface area contributed by atoms with Gasteiger partial charge in [-0.3, -0.25) is 0 Å². The molecule has 5 nitrogen and oxygen atoms in total. The molecule has 0 amide bonds. The molecule has 0 saturated heterocycles. The zero-order chi connectivity index (χ0) is 36.6. The second kappa shape index (κ2) is 11.8. The molecule has 0 saturated carbocycles. The smallest absolute Gasteiger partial charge is 0.210 e. The van der Waals surface area contributed by atoms with E-state index >= 15 is 0 Å². The number of hydrogen-bond acceptors (Lipinski definition) is 1. The number of rotatable bonds is 4. The number of benzene rings is 8. The van der Waals surface area contributed by atoms with Crippen LogP contribution >= 0.6 is 0 Å². The SMILES string of the molecule is [C-]#[N+]c1ccc(C#N)cc1-n1c2ccc(-c3ccc4c(c3)c3ccccc3n4-c3ccccc3)cc2c2cc(-n3c4ccccc4c4ccccc43)ccc21. The predicted octanol–water partition coefficient (Wildman–Crippen LogP) is 13.1. The van der Waals surface area contributed by atoms with Gasteiger partial charge in [-0.25, -0.2) is 4.85 Å². The van der Waals surface area contributed by atoms with E-state index in [1.54, 1.807) is 12.1 Å². The Morgan fingerprint density at radius 3 is 1.47 bits per heavy atom. The van der Waals surface area contributed by atoms with Crippen molar-refractivity contribution in [3.63, 3.8) is 0 Å². The van der Waals surface area contributed by atoms with Crippen LogP contribution < -0.4 is 0 Å². The Kier molecular flexibility index (Phi) is 6.61. The average Bonchev–Trinajstić information content (AvgIpc) is 3.88. The lowest BCUT2D eigenvalue weighted by Crippen LogP contribution is -1.96. The highest BCUT2D eigenvalue weighted by Gasteiger charge is 2.20. The first kappa shape index (κ1) is 30.7. The van der Waals surface area contributed by atoms with E-state index in [9.17, 15) is 5.26 Å². The molecule has 55 heavy (non-hydrogen) atoms. The number of nitrogens with zero attached hydrogens (tertiary/aromatic N) is 5. The van der Waals surface area contributed by atoms with Crippen molar-refractivity contribution in [1.29, 1.82) is 5.26 Å². The molecule has 0 atom stereocenters. The lowest BCUT2D eigenvalue weighted by atomic mass is 10.0. The molecular formula is C50H29N5. The first-order valence-electron chi connectivity index (χ1n) is 18.3. The minimum atomic E-state index is 0.494. The van der Waals surface area contributed by atoms with Crippen molar-refractivity contribution in [2.75, 3.05) is 0 Å². The first-order chi connectivity index (χ1) is 27.2. The molecular weight excluding hydrogens is 671 g/mol. The van der Waals surface area contributed by atoms with Crippen molar-refractivity contribution in [3.8, 4) is 34.3 Å². The van der Waals surface area contributed by atoms with Crippen LogP contribution in [0.4, 0.5) is 5.69 Å². The van der Waals surface area contributed by atoms with Crippen LogP contribution in [0.3, 0.4) is 0 Å². The summed E-state index contributed by atoms with van der Waals surface area (Å²) in [5, 5.41) is 16.9. The van der Waals surface area contributed by atoms with Gasteiger partial charge in [0.1, 0.15) is 0 Å². The van der Waals surface area contributed by atoms with E-state index in [-0.39, 0.29) is 0 Å². The normalized spacial score (nSPS) is 11.6. The van der Waals surface area contributed by atoms with Crippen molar-refractivity contribution in [2.45, 2.75) is 0 Å². The van der Waals surface area contributed by atoms with Crippen molar-refractivity contribution < 1.29 is 0 Å². The fourth-order valence-electron chi connectivity index (χ4n) is 8.66. The quantitative estimate of drug-likeness (QED) is 0.169. The van der Waals surface area contributed by atoms with Crippen molar-refractivity contribution in [1.82, 2.24) is 13.7 Å². The minimum absolute atomic E-state index is 0.494. The summed E-state index contributed by atoms with van der Waals surface area (Å²) in [4.78, 5) is 3.90. The molecule has 5 heteroatoms. The molecule has 0 unspecified atom stereocenters. The van der Waals surface area contributed by atoms with Gasteiger partial charge in [0.15, 0.2) is 0 Å². The standard InChI is InChI=1S/C50H29N5/c1-52-43-23-19-32(31-51)27-50(43)55-48-25-21-34(33-20-24-47-40(28-33)39-15-7-10-18-46(39)53(47)35-11-3-2-4-12-35)29-41(48)42-30-36(22-26-49(42)55)54-44-16-8-5-13-37(44)38-14-6-9-17-45(38)54/h2-30H. The van der Waals surface area contributed by atoms with Gasteiger partial charge in [0.25, 0.3) is 0 Å². The van der Waals surface area contributed by atoms with E-state index in [1.807, 2.05) is 6.07 Å². The highest BCUT2D eigenvalue weighted by molar-refractivity contribution is 6.14. The number of fused-ring (bicyclic) bond motifs is 9. The molecule has 0 radical (unpaired) electrons. The van der Waals surface area contributed by atoms with Crippen LogP contribution in [0.5, 0.6) is 0 Å². The Hall–Kier alpha value is -7.86. The number of hydrogen-bond donors (Lipinski definition) is 0. The third-order valence-corrected chi connectivity index (χ3v) is 11.1. The molecule has 254 valence electrons. The van der Waals surface area contributed by atoms with Gasteiger partial charge in [-0.2, -0.15) is 5.26 Å². The summed E-state index contributed by atoms with van der Waals surface area (Å²) < 4.78 is 6.83. The molecule has 0 aliphatic rings. The molecule has 0 fully saturated rings. The van der Waals surface area contributed by atoms with Crippen LogP contribution in [0.2, 0.25) is 0 Å². The summed E-state index contributed by atoms with van der Waals surface area (Å²) in [7, 11) is 0. The Morgan fingerprint density at radius 2 is 0.873 bits per heavy atom. The van der Waals surface area contributed by atoms with E-state index in [4.69, 9.17) is 6.57 Å². The lowest BCUT2D eigenvalue weighted by Gasteiger charge is -2.12. The maximum atomic E-state index is 9.89. The topological polar surface area (TPSA) is 42.9 Å². The molecule has 0 spiro atoms. The molecule has 0 aliphatic carbocycles. The monoisotopic (exact) mass is 699 g/mol. The fraction of sp³-hybridized carbons (Fsp3) is 0.